The molecule has 0 aliphatic heterocycles. The van der Waals surface area contributed by atoms with Gasteiger partial charge in [-0.1, -0.05) is 18.6 Å². The zero-order valence-electron chi connectivity index (χ0n) is 24.1. The zero-order valence-corrected chi connectivity index (χ0v) is 24.1. The second kappa shape index (κ2) is 11.7. The molecule has 0 heterocycles. The van der Waals surface area contributed by atoms with Crippen molar-refractivity contribution in [2.24, 2.45) is 17.6 Å². The highest BCUT2D eigenvalue weighted by molar-refractivity contribution is 6.25. The number of nitrogens with zero attached hydrogens (tertiary/aromatic N) is 1. The molecule has 3 aliphatic carbocycles. The van der Waals surface area contributed by atoms with Crippen LogP contribution in [0.5, 0.6) is 5.75 Å². The van der Waals surface area contributed by atoms with Gasteiger partial charge in [0.05, 0.1) is 23.9 Å². The largest absolute Gasteiger partial charge is 0.508 e. The number of hydrogen-bond donors (Lipinski definition) is 9. The highest BCUT2D eigenvalue weighted by atomic mass is 16.4. The number of aliphatic hydroxyl groups is 4. The van der Waals surface area contributed by atoms with Crippen LogP contribution in [0.1, 0.15) is 43.7 Å². The summed E-state index contributed by atoms with van der Waals surface area (Å²) in [6.07, 6.45) is 1.10. The van der Waals surface area contributed by atoms with Crippen LogP contribution in [-0.2, 0) is 24.8 Å². The van der Waals surface area contributed by atoms with E-state index in [4.69, 9.17) is 10.8 Å². The van der Waals surface area contributed by atoms with Crippen molar-refractivity contribution in [3.8, 4) is 5.75 Å². The molecule has 0 unspecified atom stereocenters. The Bertz CT molecular complexity index is 1420. The van der Waals surface area contributed by atoms with Crippen LogP contribution in [-0.4, -0.2) is 104 Å². The van der Waals surface area contributed by atoms with E-state index in [0.717, 1.165) is 0 Å². The van der Waals surface area contributed by atoms with E-state index in [-0.39, 0.29) is 30.6 Å². The number of fused-ring (bicyclic) bond motifs is 3. The van der Waals surface area contributed by atoms with E-state index in [1.54, 1.807) is 0 Å². The average Bonchev–Trinajstić information content (AvgIpc) is 2.92. The predicted octanol–water partition coefficient (Wildman–Crippen LogP) is -0.611. The van der Waals surface area contributed by atoms with Crippen LogP contribution in [0.25, 0.3) is 5.76 Å². The number of benzene rings is 1. The summed E-state index contributed by atoms with van der Waals surface area (Å²) in [4.78, 5) is 53.1. The number of likely N-dealkylation sites (N-methyl/N-ethyl adjacent to an activating group) is 1. The molecule has 234 valence electrons. The fourth-order valence-corrected chi connectivity index (χ4v) is 6.54. The van der Waals surface area contributed by atoms with Crippen molar-refractivity contribution in [3.05, 3.63) is 46.2 Å². The first-order chi connectivity index (χ1) is 20.1. The summed E-state index contributed by atoms with van der Waals surface area (Å²) in [6, 6.07) is 1.99. The first kappa shape index (κ1) is 32.1. The van der Waals surface area contributed by atoms with Gasteiger partial charge < -0.3 is 41.7 Å². The Morgan fingerprint density at radius 1 is 1.14 bits per heavy atom. The SMILES string of the molecule is CN(C)[C@@H]1C(=O)C(C(=O)NCNCCCC[C@H](N)C(=O)O)=C(O)[C@]2(O)C(=O)C3=C(O)c4c(O)cccc4[C@](C)(O)[C@H]3C[C@@H]12. The number of aliphatic carboxylic acids is 1. The number of carbonyl (C=O) groups is 4. The number of rotatable bonds is 10. The first-order valence-electron chi connectivity index (χ1n) is 14.0. The van der Waals surface area contributed by atoms with Crippen molar-refractivity contribution in [1.29, 1.82) is 0 Å². The standard InChI is InChI=1S/C29H38N4O10/c1-28(42)13-7-6-9-17(34)18(13)22(35)19-14(28)11-15-21(33(2)3)23(36)20(25(38)29(15,43)24(19)37)26(39)32-12-31-10-5-4-8-16(30)27(40)41/h6-7,9,14-16,21,31,34-35,38,42-43H,4-5,8,10-12,30H2,1-3H3,(H,32,39)(H,40,41)/t14-,15-,16-,21-,28-,29+/m0/s1. The Hall–Kier alpha value is -3.82. The van der Waals surface area contributed by atoms with Gasteiger partial charge in [-0.25, -0.2) is 0 Å². The van der Waals surface area contributed by atoms with Crippen LogP contribution in [0.2, 0.25) is 0 Å². The Kier molecular flexibility index (Phi) is 8.73. The topological polar surface area (TPSA) is 243 Å². The number of aromatic hydroxyl groups is 1. The predicted molar refractivity (Wildman–Crippen MR) is 151 cm³/mol. The molecule has 0 aromatic heterocycles. The molecule has 43 heavy (non-hydrogen) atoms. The highest BCUT2D eigenvalue weighted by Gasteiger charge is 2.66. The molecule has 1 amide bonds. The van der Waals surface area contributed by atoms with Gasteiger partial charge in [0.15, 0.2) is 11.4 Å². The number of nitrogens with two attached hydrogens (primary N) is 1. The van der Waals surface area contributed by atoms with Crippen LogP contribution in [0.4, 0.5) is 0 Å². The number of unbranched alkanes of at least 4 members (excludes halogenated alkanes) is 1. The molecule has 0 radical (unpaired) electrons. The van der Waals surface area contributed by atoms with Crippen LogP contribution >= 0.6 is 0 Å². The minimum Gasteiger partial charge on any atom is -0.508 e. The molecule has 0 saturated heterocycles. The maximum Gasteiger partial charge on any atom is 0.320 e. The Balaban J connectivity index is 1.64. The van der Waals surface area contributed by atoms with Gasteiger partial charge in [-0.15, -0.1) is 0 Å². The van der Waals surface area contributed by atoms with Gasteiger partial charge in [-0.05, 0) is 58.5 Å². The van der Waals surface area contributed by atoms with E-state index < -0.39 is 87.0 Å². The van der Waals surface area contributed by atoms with E-state index in [1.165, 1.54) is 44.1 Å². The number of ketones is 2. The molecule has 3 aliphatic rings. The van der Waals surface area contributed by atoms with Crippen molar-refractivity contribution in [3.63, 3.8) is 0 Å². The van der Waals surface area contributed by atoms with Gasteiger partial charge in [-0.2, -0.15) is 0 Å². The smallest absolute Gasteiger partial charge is 0.320 e. The van der Waals surface area contributed by atoms with Gasteiger partial charge in [0, 0.05) is 17.4 Å². The summed E-state index contributed by atoms with van der Waals surface area (Å²) in [5.41, 5.74) is -0.436. The number of carboxylic acid groups (broad SMARTS) is 1. The number of hydrogen-bond acceptors (Lipinski definition) is 12. The van der Waals surface area contributed by atoms with Crippen LogP contribution in [0, 0.1) is 11.8 Å². The monoisotopic (exact) mass is 602 g/mol. The molecule has 10 N–H and O–H groups in total. The van der Waals surface area contributed by atoms with E-state index in [2.05, 4.69) is 10.6 Å². The third kappa shape index (κ3) is 5.18. The minimum atomic E-state index is -2.80. The van der Waals surface area contributed by atoms with Gasteiger partial charge in [0.25, 0.3) is 5.91 Å². The lowest BCUT2D eigenvalue weighted by atomic mass is 9.54. The lowest BCUT2D eigenvalue weighted by molar-refractivity contribution is -0.159. The lowest BCUT2D eigenvalue weighted by Crippen LogP contribution is -2.67. The average molecular weight is 603 g/mol. The van der Waals surface area contributed by atoms with E-state index in [9.17, 15) is 44.7 Å². The highest BCUT2D eigenvalue weighted by Crippen LogP contribution is 2.57. The summed E-state index contributed by atoms with van der Waals surface area (Å²) in [7, 11) is 3.02. The fourth-order valence-electron chi connectivity index (χ4n) is 6.54. The number of carbonyl (C=O) groups excluding carboxylic acids is 3. The molecule has 14 nitrogen and oxygen atoms in total. The number of Topliss-reactive ketones (excluding diaryl/α,β-unsaturated/α-hetero) is 2. The second-order valence-electron chi connectivity index (χ2n) is 11.7. The van der Waals surface area contributed by atoms with Gasteiger partial charge >= 0.3 is 5.97 Å². The minimum absolute atomic E-state index is 0.150. The van der Waals surface area contributed by atoms with Crippen molar-refractivity contribution < 1.29 is 49.8 Å². The number of phenols is 1. The number of carboxylic acids is 1. The number of aliphatic hydroxyl groups excluding tert-OH is 2. The Morgan fingerprint density at radius 2 is 1.81 bits per heavy atom. The molecule has 4 rings (SSSR count). The Morgan fingerprint density at radius 3 is 2.44 bits per heavy atom. The molecule has 1 fully saturated rings. The molecule has 0 bridgehead atoms. The Labute approximate surface area is 247 Å². The zero-order chi connectivity index (χ0) is 32.0. The molecule has 1 aromatic carbocycles. The van der Waals surface area contributed by atoms with Crippen molar-refractivity contribution in [2.75, 3.05) is 27.3 Å². The first-order valence-corrected chi connectivity index (χ1v) is 14.0. The maximum absolute atomic E-state index is 14.1. The van der Waals surface area contributed by atoms with E-state index >= 15 is 0 Å². The summed E-state index contributed by atoms with van der Waals surface area (Å²) in [5, 5.41) is 70.6. The van der Waals surface area contributed by atoms with Crippen molar-refractivity contribution >= 4 is 29.2 Å². The van der Waals surface area contributed by atoms with Crippen molar-refractivity contribution in [1.82, 2.24) is 15.5 Å². The summed E-state index contributed by atoms with van der Waals surface area (Å²) < 4.78 is 0. The van der Waals surface area contributed by atoms with Crippen LogP contribution < -0.4 is 16.4 Å². The number of phenolic OH excluding ortho intramolecular Hbond substituents is 1. The van der Waals surface area contributed by atoms with Crippen molar-refractivity contribution in [2.45, 2.75) is 55.9 Å². The van der Waals surface area contributed by atoms with Gasteiger partial charge in [0.2, 0.25) is 5.78 Å². The third-order valence-corrected chi connectivity index (χ3v) is 8.81. The summed E-state index contributed by atoms with van der Waals surface area (Å²) >= 11 is 0. The number of amides is 1. The van der Waals surface area contributed by atoms with E-state index in [1.807, 2.05) is 0 Å². The second-order valence-corrected chi connectivity index (χ2v) is 11.7. The molecular weight excluding hydrogens is 564 g/mol. The summed E-state index contributed by atoms with van der Waals surface area (Å²) in [6.45, 7) is 1.63. The maximum atomic E-state index is 14.1. The molecule has 6 atom stereocenters. The van der Waals surface area contributed by atoms with Gasteiger partial charge in [0.1, 0.15) is 28.9 Å². The summed E-state index contributed by atoms with van der Waals surface area (Å²) in [5.74, 6) is -8.84. The molecule has 1 aromatic rings. The number of nitrogens with one attached hydrogen (secondary N) is 2. The van der Waals surface area contributed by atoms with Gasteiger partial charge in [-0.3, -0.25) is 29.4 Å². The van der Waals surface area contributed by atoms with E-state index in [0.29, 0.717) is 19.4 Å². The lowest BCUT2D eigenvalue weighted by Gasteiger charge is -2.53. The molecule has 0 spiro atoms. The fraction of sp³-hybridized carbons (Fsp3) is 0.517. The molecule has 14 heteroatoms. The molecular formula is C29H38N4O10. The molecule has 1 saturated carbocycles. The van der Waals surface area contributed by atoms with Crippen LogP contribution in [0.3, 0.4) is 0 Å². The van der Waals surface area contributed by atoms with Crippen LogP contribution in [0.15, 0.2) is 35.1 Å². The third-order valence-electron chi connectivity index (χ3n) is 8.81. The normalized spacial score (nSPS) is 29.2. The quantitative estimate of drug-likeness (QED) is 0.0923.